The van der Waals surface area contributed by atoms with E-state index in [1.165, 1.54) is 12.8 Å². The predicted octanol–water partition coefficient (Wildman–Crippen LogP) is 4.23. The summed E-state index contributed by atoms with van der Waals surface area (Å²) in [6, 6.07) is 7.69. The lowest BCUT2D eigenvalue weighted by Gasteiger charge is -2.35. The third-order valence-corrected chi connectivity index (χ3v) is 4.60. The van der Waals surface area contributed by atoms with Gasteiger partial charge in [-0.1, -0.05) is 38.8 Å². The Hall–Kier alpha value is -1.51. The number of anilines is 2. The van der Waals surface area contributed by atoms with Gasteiger partial charge in [0.1, 0.15) is 0 Å². The van der Waals surface area contributed by atoms with Crippen LogP contribution >= 0.6 is 0 Å². The molecule has 0 radical (unpaired) electrons. The highest BCUT2D eigenvalue weighted by atomic mass is 16.2. The van der Waals surface area contributed by atoms with E-state index < -0.39 is 0 Å². The van der Waals surface area contributed by atoms with Crippen molar-refractivity contribution in [1.82, 2.24) is 0 Å². The van der Waals surface area contributed by atoms with Crippen LogP contribution in [0, 0.1) is 11.3 Å². The molecule has 3 heteroatoms. The molecule has 0 heterocycles. The third-order valence-electron chi connectivity index (χ3n) is 4.60. The molecule has 1 aromatic carbocycles. The Morgan fingerprint density at radius 1 is 1.29 bits per heavy atom. The fourth-order valence-corrected chi connectivity index (χ4v) is 3.78. The van der Waals surface area contributed by atoms with Crippen molar-refractivity contribution in [2.45, 2.75) is 52.9 Å². The molecule has 1 fully saturated rings. The Morgan fingerprint density at radius 3 is 2.43 bits per heavy atom. The molecule has 3 nitrogen and oxygen atoms in total. The lowest BCUT2D eigenvalue weighted by Crippen LogP contribution is -2.43. The first-order valence-electron chi connectivity index (χ1n) is 8.16. The highest BCUT2D eigenvalue weighted by molar-refractivity contribution is 6.00. The van der Waals surface area contributed by atoms with Crippen molar-refractivity contribution in [2.24, 2.45) is 11.3 Å². The summed E-state index contributed by atoms with van der Waals surface area (Å²) in [4.78, 5) is 15.1. The first kappa shape index (κ1) is 15.9. The number of nitrogens with two attached hydrogens (primary N) is 1. The molecule has 0 aliphatic heterocycles. The quantitative estimate of drug-likeness (QED) is 0.824. The minimum absolute atomic E-state index is 0.174. The van der Waals surface area contributed by atoms with E-state index in [9.17, 15) is 4.79 Å². The van der Waals surface area contributed by atoms with Gasteiger partial charge in [-0.25, -0.2) is 0 Å². The largest absolute Gasteiger partial charge is 0.397 e. The molecule has 116 valence electrons. The van der Waals surface area contributed by atoms with E-state index in [1.807, 2.05) is 36.1 Å². The van der Waals surface area contributed by atoms with Gasteiger partial charge < -0.3 is 10.6 Å². The van der Waals surface area contributed by atoms with Crippen molar-refractivity contribution < 1.29 is 4.79 Å². The maximum atomic E-state index is 13.3. The smallest absolute Gasteiger partial charge is 0.233 e. The molecule has 2 N–H and O–H groups in total. The Labute approximate surface area is 128 Å². The molecular formula is C18H28N2O. The lowest BCUT2D eigenvalue weighted by atomic mass is 9.77. The molecule has 2 rings (SSSR count). The van der Waals surface area contributed by atoms with Gasteiger partial charge in [0.05, 0.1) is 11.4 Å². The van der Waals surface area contributed by atoms with Crippen LogP contribution in [-0.4, -0.2) is 12.5 Å². The van der Waals surface area contributed by atoms with Crippen LogP contribution in [0.2, 0.25) is 0 Å². The van der Waals surface area contributed by atoms with Crippen LogP contribution < -0.4 is 10.6 Å². The van der Waals surface area contributed by atoms with E-state index >= 15 is 0 Å². The monoisotopic (exact) mass is 288 g/mol. The molecule has 0 atom stereocenters. The third kappa shape index (κ3) is 3.22. The van der Waals surface area contributed by atoms with E-state index in [1.54, 1.807) is 0 Å². The van der Waals surface area contributed by atoms with Gasteiger partial charge in [0, 0.05) is 12.0 Å². The molecule has 0 aromatic heterocycles. The minimum atomic E-state index is -0.174. The predicted molar refractivity (Wildman–Crippen MR) is 89.2 cm³/mol. The molecule has 1 aliphatic carbocycles. The van der Waals surface area contributed by atoms with Gasteiger partial charge in [-0.05, 0) is 44.2 Å². The van der Waals surface area contributed by atoms with E-state index in [2.05, 4.69) is 13.8 Å². The van der Waals surface area contributed by atoms with Crippen molar-refractivity contribution in [1.29, 1.82) is 0 Å². The number of carbonyl (C=O) groups is 1. The number of para-hydroxylation sites is 2. The maximum absolute atomic E-state index is 13.3. The molecule has 1 saturated carbocycles. The van der Waals surface area contributed by atoms with Gasteiger partial charge in [-0.15, -0.1) is 0 Å². The number of rotatable bonds is 5. The van der Waals surface area contributed by atoms with E-state index in [0.717, 1.165) is 24.9 Å². The van der Waals surface area contributed by atoms with Gasteiger partial charge in [-0.3, -0.25) is 4.79 Å². The zero-order valence-corrected chi connectivity index (χ0v) is 13.6. The number of nitrogens with zero attached hydrogens (tertiary/aromatic N) is 1. The van der Waals surface area contributed by atoms with E-state index in [4.69, 9.17) is 5.73 Å². The summed E-state index contributed by atoms with van der Waals surface area (Å²) in [5.41, 5.74) is 7.46. The van der Waals surface area contributed by atoms with Crippen LogP contribution in [-0.2, 0) is 4.79 Å². The second-order valence-corrected chi connectivity index (χ2v) is 6.69. The topological polar surface area (TPSA) is 46.3 Å². The number of benzene rings is 1. The number of hydrogen-bond acceptors (Lipinski definition) is 2. The van der Waals surface area contributed by atoms with E-state index in [-0.39, 0.29) is 11.3 Å². The molecule has 0 saturated heterocycles. The fourth-order valence-electron chi connectivity index (χ4n) is 3.78. The Bertz CT molecular complexity index is 490. The van der Waals surface area contributed by atoms with Gasteiger partial charge in [0.2, 0.25) is 5.91 Å². The number of carbonyl (C=O) groups excluding carboxylic acids is 1. The summed E-state index contributed by atoms with van der Waals surface area (Å²) < 4.78 is 0. The summed E-state index contributed by atoms with van der Waals surface area (Å²) >= 11 is 0. The summed E-state index contributed by atoms with van der Waals surface area (Å²) in [6.45, 7) is 7.12. The Morgan fingerprint density at radius 2 is 1.90 bits per heavy atom. The van der Waals surface area contributed by atoms with Crippen LogP contribution in [0.4, 0.5) is 11.4 Å². The normalized spacial score (nSPS) is 17.1. The lowest BCUT2D eigenvalue weighted by molar-refractivity contribution is -0.128. The van der Waals surface area contributed by atoms with Crippen LogP contribution in [0.25, 0.3) is 0 Å². The molecule has 0 bridgehead atoms. The molecule has 21 heavy (non-hydrogen) atoms. The van der Waals surface area contributed by atoms with Crippen LogP contribution in [0.5, 0.6) is 0 Å². The summed E-state index contributed by atoms with van der Waals surface area (Å²) in [6.07, 6.45) is 5.36. The van der Waals surface area contributed by atoms with Crippen molar-refractivity contribution in [3.05, 3.63) is 24.3 Å². The van der Waals surface area contributed by atoms with Gasteiger partial charge in [-0.2, -0.15) is 0 Å². The summed E-state index contributed by atoms with van der Waals surface area (Å²) in [5, 5.41) is 0. The Kier molecular flexibility index (Phi) is 4.92. The molecule has 1 aliphatic rings. The first-order valence-corrected chi connectivity index (χ1v) is 8.16. The number of amides is 1. The zero-order valence-electron chi connectivity index (χ0n) is 13.6. The van der Waals surface area contributed by atoms with Crippen LogP contribution in [0.1, 0.15) is 52.9 Å². The fraction of sp³-hybridized carbons (Fsp3) is 0.611. The van der Waals surface area contributed by atoms with Crippen molar-refractivity contribution >= 4 is 17.3 Å². The number of hydrogen-bond donors (Lipinski definition) is 1. The average molecular weight is 288 g/mol. The highest BCUT2D eigenvalue weighted by Crippen LogP contribution is 2.45. The average Bonchev–Trinajstić information content (AvgIpc) is 2.90. The van der Waals surface area contributed by atoms with Crippen molar-refractivity contribution in [3.63, 3.8) is 0 Å². The molecule has 1 amide bonds. The van der Waals surface area contributed by atoms with E-state index in [0.29, 0.717) is 18.2 Å². The molecule has 1 aromatic rings. The molecule has 0 spiro atoms. The van der Waals surface area contributed by atoms with Crippen LogP contribution in [0.15, 0.2) is 24.3 Å². The highest BCUT2D eigenvalue weighted by Gasteiger charge is 2.43. The summed E-state index contributed by atoms with van der Waals surface area (Å²) in [5.74, 6) is 0.813. The van der Waals surface area contributed by atoms with Gasteiger partial charge in [0.15, 0.2) is 0 Å². The number of nitrogen functional groups attached to an aromatic ring is 1. The standard InChI is InChI=1S/C18H28N2O/c1-4-20(16-10-6-5-9-15(16)19)17(21)18(13-14(2)3)11-7-8-12-18/h5-6,9-10,14H,4,7-8,11-13,19H2,1-3H3. The second kappa shape index (κ2) is 6.50. The SMILES string of the molecule is CCN(C(=O)C1(CC(C)C)CCCC1)c1ccccc1N. The summed E-state index contributed by atoms with van der Waals surface area (Å²) in [7, 11) is 0. The molecule has 0 unspecified atom stereocenters. The van der Waals surface area contributed by atoms with Crippen molar-refractivity contribution in [3.8, 4) is 0 Å². The first-order chi connectivity index (χ1) is 10.00. The van der Waals surface area contributed by atoms with Crippen LogP contribution in [0.3, 0.4) is 0 Å². The second-order valence-electron chi connectivity index (χ2n) is 6.69. The maximum Gasteiger partial charge on any atom is 0.233 e. The van der Waals surface area contributed by atoms with Gasteiger partial charge in [0.25, 0.3) is 0 Å². The Balaban J connectivity index is 2.32. The van der Waals surface area contributed by atoms with Crippen molar-refractivity contribution in [2.75, 3.05) is 17.2 Å². The minimum Gasteiger partial charge on any atom is -0.397 e. The zero-order chi connectivity index (χ0) is 15.5. The molecular weight excluding hydrogens is 260 g/mol. The van der Waals surface area contributed by atoms with Gasteiger partial charge >= 0.3 is 0 Å².